The molecule has 2 unspecified atom stereocenters. The third kappa shape index (κ3) is 4.72. The maximum atomic E-state index is 12.4. The van der Waals surface area contributed by atoms with Crippen molar-refractivity contribution in [2.24, 2.45) is 0 Å². The summed E-state index contributed by atoms with van der Waals surface area (Å²) in [6.45, 7) is 5.90. The van der Waals surface area contributed by atoms with E-state index in [1.807, 2.05) is 63.2 Å². The molecule has 27 heavy (non-hydrogen) atoms. The number of nitrogens with one attached hydrogen (secondary N) is 4. The van der Waals surface area contributed by atoms with Gasteiger partial charge in [0.1, 0.15) is 6.04 Å². The van der Waals surface area contributed by atoms with Gasteiger partial charge in [0, 0.05) is 11.7 Å². The van der Waals surface area contributed by atoms with Gasteiger partial charge in [-0.25, -0.2) is 10.9 Å². The third-order valence-electron chi connectivity index (χ3n) is 4.79. The van der Waals surface area contributed by atoms with Crippen LogP contribution in [0.5, 0.6) is 0 Å². The Kier molecular flexibility index (Phi) is 5.88. The predicted molar refractivity (Wildman–Crippen MR) is 106 cm³/mol. The van der Waals surface area contributed by atoms with Gasteiger partial charge in [-0.1, -0.05) is 48.0 Å². The number of hydrogen-bond donors (Lipinski definition) is 4. The van der Waals surface area contributed by atoms with E-state index in [2.05, 4.69) is 21.5 Å². The summed E-state index contributed by atoms with van der Waals surface area (Å²) in [5, 5.41) is 5.61. The van der Waals surface area contributed by atoms with Crippen LogP contribution in [-0.4, -0.2) is 24.4 Å². The summed E-state index contributed by atoms with van der Waals surface area (Å²) < 4.78 is 0. The average Bonchev–Trinajstić information content (AvgIpc) is 3.14. The van der Waals surface area contributed by atoms with E-state index < -0.39 is 0 Å². The first-order valence-electron chi connectivity index (χ1n) is 9.15. The molecule has 1 heterocycles. The smallest absolute Gasteiger partial charge is 0.243 e. The van der Waals surface area contributed by atoms with Crippen LogP contribution in [0.15, 0.2) is 42.5 Å². The van der Waals surface area contributed by atoms with E-state index in [1.54, 1.807) is 0 Å². The van der Waals surface area contributed by atoms with E-state index in [0.717, 1.165) is 27.9 Å². The summed E-state index contributed by atoms with van der Waals surface area (Å²) in [7, 11) is 0. The lowest BCUT2D eigenvalue weighted by atomic mass is 10.0. The summed E-state index contributed by atoms with van der Waals surface area (Å²) in [5.41, 5.74) is 11.3. The molecule has 1 aliphatic heterocycles. The van der Waals surface area contributed by atoms with Gasteiger partial charge in [-0.2, -0.15) is 0 Å². The van der Waals surface area contributed by atoms with Crippen LogP contribution in [0.25, 0.3) is 0 Å². The molecule has 6 nitrogen and oxygen atoms in total. The molecule has 0 saturated carbocycles. The molecule has 4 N–H and O–H groups in total. The second-order valence-corrected chi connectivity index (χ2v) is 7.08. The SMILES string of the molecule is Cc1cc(C)c(NC(=O)CNC(=O)C2CC(c3ccccc3)NN2)c(C)c1. The lowest BCUT2D eigenvalue weighted by Gasteiger charge is -2.14. The first-order chi connectivity index (χ1) is 12.9. The number of amides is 2. The first-order valence-corrected chi connectivity index (χ1v) is 9.15. The normalized spacial score (nSPS) is 18.9. The first kappa shape index (κ1) is 19.1. The van der Waals surface area contributed by atoms with Crippen LogP contribution in [0.1, 0.15) is 34.7 Å². The molecule has 3 rings (SSSR count). The molecule has 2 aromatic rings. The minimum absolute atomic E-state index is 0.0558. The van der Waals surface area contributed by atoms with Gasteiger partial charge in [-0.05, 0) is 43.9 Å². The highest BCUT2D eigenvalue weighted by molar-refractivity contribution is 5.96. The number of aryl methyl sites for hydroxylation is 3. The fourth-order valence-electron chi connectivity index (χ4n) is 3.48. The van der Waals surface area contributed by atoms with Crippen molar-refractivity contribution in [2.75, 3.05) is 11.9 Å². The van der Waals surface area contributed by atoms with Gasteiger partial charge in [-0.15, -0.1) is 0 Å². The maximum absolute atomic E-state index is 12.4. The number of carbonyl (C=O) groups excluding carboxylic acids is 2. The highest BCUT2D eigenvalue weighted by Gasteiger charge is 2.30. The quantitative estimate of drug-likeness (QED) is 0.654. The second-order valence-electron chi connectivity index (χ2n) is 7.08. The number of benzene rings is 2. The Labute approximate surface area is 159 Å². The zero-order chi connectivity index (χ0) is 19.4. The molecule has 0 radical (unpaired) electrons. The van der Waals surface area contributed by atoms with Crippen LogP contribution < -0.4 is 21.5 Å². The van der Waals surface area contributed by atoms with Crippen LogP contribution in [0.2, 0.25) is 0 Å². The van der Waals surface area contributed by atoms with Crippen molar-refractivity contribution >= 4 is 17.5 Å². The van der Waals surface area contributed by atoms with E-state index in [-0.39, 0.29) is 30.4 Å². The number of anilines is 1. The molecule has 1 fully saturated rings. The van der Waals surface area contributed by atoms with Gasteiger partial charge in [0.2, 0.25) is 11.8 Å². The largest absolute Gasteiger partial charge is 0.346 e. The Morgan fingerprint density at radius 3 is 2.37 bits per heavy atom. The molecule has 2 atom stereocenters. The minimum atomic E-state index is -0.370. The van der Waals surface area contributed by atoms with Gasteiger partial charge in [0.25, 0.3) is 0 Å². The Morgan fingerprint density at radius 1 is 1.04 bits per heavy atom. The summed E-state index contributed by atoms with van der Waals surface area (Å²) in [4.78, 5) is 24.6. The van der Waals surface area contributed by atoms with Crippen LogP contribution in [-0.2, 0) is 9.59 Å². The fourth-order valence-corrected chi connectivity index (χ4v) is 3.48. The van der Waals surface area contributed by atoms with Gasteiger partial charge in [0.05, 0.1) is 6.54 Å². The van der Waals surface area contributed by atoms with Crippen molar-refractivity contribution in [3.05, 3.63) is 64.7 Å². The molecular weight excluding hydrogens is 340 g/mol. The lowest BCUT2D eigenvalue weighted by molar-refractivity contribution is -0.125. The molecule has 1 saturated heterocycles. The van der Waals surface area contributed by atoms with E-state index in [9.17, 15) is 9.59 Å². The molecule has 2 amide bonds. The molecule has 142 valence electrons. The standard InChI is InChI=1S/C21H26N4O2/c1-13-9-14(2)20(15(3)10-13)23-19(26)12-22-21(27)18-11-17(24-25-18)16-7-5-4-6-8-16/h4-10,17-18,24-25H,11-12H2,1-3H3,(H,22,27)(H,23,26). The summed E-state index contributed by atoms with van der Waals surface area (Å²) in [6.07, 6.45) is 0.633. The zero-order valence-corrected chi connectivity index (χ0v) is 15.9. The Bertz CT molecular complexity index is 812. The van der Waals surface area contributed by atoms with E-state index in [1.165, 1.54) is 0 Å². The highest BCUT2D eigenvalue weighted by Crippen LogP contribution is 2.22. The average molecular weight is 366 g/mol. The monoisotopic (exact) mass is 366 g/mol. The number of hydrogen-bond acceptors (Lipinski definition) is 4. The minimum Gasteiger partial charge on any atom is -0.346 e. The van der Waals surface area contributed by atoms with Crippen molar-refractivity contribution in [2.45, 2.75) is 39.3 Å². The van der Waals surface area contributed by atoms with E-state index >= 15 is 0 Å². The molecule has 2 aromatic carbocycles. The van der Waals surface area contributed by atoms with Crippen molar-refractivity contribution in [3.8, 4) is 0 Å². The van der Waals surface area contributed by atoms with Gasteiger partial charge in [-0.3, -0.25) is 9.59 Å². The summed E-state index contributed by atoms with van der Waals surface area (Å²) in [5.74, 6) is -0.419. The van der Waals surface area contributed by atoms with Crippen molar-refractivity contribution in [1.82, 2.24) is 16.2 Å². The van der Waals surface area contributed by atoms with E-state index in [4.69, 9.17) is 0 Å². The third-order valence-corrected chi connectivity index (χ3v) is 4.79. The topological polar surface area (TPSA) is 82.3 Å². The lowest BCUT2D eigenvalue weighted by Crippen LogP contribution is -2.45. The molecule has 0 aliphatic carbocycles. The number of rotatable bonds is 5. The van der Waals surface area contributed by atoms with Crippen LogP contribution in [0.4, 0.5) is 5.69 Å². The van der Waals surface area contributed by atoms with Gasteiger partial charge >= 0.3 is 0 Å². The molecule has 0 bridgehead atoms. The number of hydrazine groups is 1. The Balaban J connectivity index is 1.50. The predicted octanol–water partition coefficient (Wildman–Crippen LogP) is 2.27. The van der Waals surface area contributed by atoms with Crippen molar-refractivity contribution < 1.29 is 9.59 Å². The fraction of sp³-hybridized carbons (Fsp3) is 0.333. The summed E-state index contributed by atoms with van der Waals surface area (Å²) in [6, 6.07) is 13.7. The number of carbonyl (C=O) groups is 2. The Hall–Kier alpha value is -2.70. The zero-order valence-electron chi connectivity index (χ0n) is 15.9. The highest BCUT2D eigenvalue weighted by atomic mass is 16.2. The molecule has 6 heteroatoms. The molecule has 0 aromatic heterocycles. The van der Waals surface area contributed by atoms with Crippen LogP contribution in [0, 0.1) is 20.8 Å². The molecule has 0 spiro atoms. The maximum Gasteiger partial charge on any atom is 0.243 e. The van der Waals surface area contributed by atoms with E-state index in [0.29, 0.717) is 6.42 Å². The van der Waals surface area contributed by atoms with Crippen molar-refractivity contribution in [3.63, 3.8) is 0 Å². The molecule has 1 aliphatic rings. The Morgan fingerprint density at radius 2 is 1.70 bits per heavy atom. The van der Waals surface area contributed by atoms with Crippen molar-refractivity contribution in [1.29, 1.82) is 0 Å². The second kappa shape index (κ2) is 8.33. The van der Waals surface area contributed by atoms with Crippen LogP contribution in [0.3, 0.4) is 0 Å². The molecular formula is C21H26N4O2. The van der Waals surface area contributed by atoms with Gasteiger partial charge in [0.15, 0.2) is 0 Å². The summed E-state index contributed by atoms with van der Waals surface area (Å²) >= 11 is 0. The van der Waals surface area contributed by atoms with Crippen LogP contribution >= 0.6 is 0 Å². The van der Waals surface area contributed by atoms with Gasteiger partial charge < -0.3 is 10.6 Å².